The van der Waals surface area contributed by atoms with Gasteiger partial charge in [-0.2, -0.15) is 0 Å². The van der Waals surface area contributed by atoms with Crippen molar-refractivity contribution < 1.29 is 38.5 Å². The Morgan fingerprint density at radius 1 is 0.684 bits per heavy atom. The van der Waals surface area contributed by atoms with Crippen LogP contribution in [0.25, 0.3) is 0 Å². The van der Waals surface area contributed by atoms with E-state index >= 15 is 0 Å². The summed E-state index contributed by atoms with van der Waals surface area (Å²) in [4.78, 5) is 40.5. The van der Waals surface area contributed by atoms with E-state index in [4.69, 9.17) is 5.11 Å². The molecule has 0 spiro atoms. The topological polar surface area (TPSA) is 116 Å². The predicted octanol–water partition coefficient (Wildman–Crippen LogP) is -0.311. The molecule has 8 nitrogen and oxygen atoms in total. The highest BCUT2D eigenvalue weighted by atomic mass is 16.5. The van der Waals surface area contributed by atoms with Crippen LogP contribution in [0.3, 0.4) is 0 Å². The van der Waals surface area contributed by atoms with Gasteiger partial charge in [0.2, 0.25) is 0 Å². The summed E-state index contributed by atoms with van der Waals surface area (Å²) in [5, 5.41) is 7.96. The fourth-order valence-electron chi connectivity index (χ4n) is 0.480. The summed E-state index contributed by atoms with van der Waals surface area (Å²) in [6.07, 6.45) is 3.53. The zero-order valence-electron chi connectivity index (χ0n) is 10.6. The highest BCUT2D eigenvalue weighted by Crippen LogP contribution is 1.80. The zero-order valence-corrected chi connectivity index (χ0v) is 10.6. The summed E-state index contributed by atoms with van der Waals surface area (Å²) in [6, 6.07) is 0. The maximum atomic E-state index is 10.3. The number of rotatable bonds is 4. The van der Waals surface area contributed by atoms with Crippen LogP contribution in [0.2, 0.25) is 0 Å². The second kappa shape index (κ2) is 11.8. The van der Waals surface area contributed by atoms with Gasteiger partial charge in [-0.05, 0) is 0 Å². The lowest BCUT2D eigenvalue weighted by molar-refractivity contribution is -0.137. The van der Waals surface area contributed by atoms with Gasteiger partial charge in [-0.25, -0.2) is 19.2 Å². The average molecular weight is 274 g/mol. The first-order valence-corrected chi connectivity index (χ1v) is 4.70. The monoisotopic (exact) mass is 274 g/mol. The van der Waals surface area contributed by atoms with Gasteiger partial charge in [0, 0.05) is 24.3 Å². The molecule has 0 radical (unpaired) electrons. The van der Waals surface area contributed by atoms with E-state index in [1.807, 2.05) is 0 Å². The molecule has 0 rings (SSSR count). The van der Waals surface area contributed by atoms with E-state index in [1.165, 1.54) is 21.3 Å². The molecule has 0 atom stereocenters. The van der Waals surface area contributed by atoms with Gasteiger partial charge < -0.3 is 19.3 Å². The number of hydrogen-bond acceptors (Lipinski definition) is 7. The van der Waals surface area contributed by atoms with Gasteiger partial charge in [-0.1, -0.05) is 0 Å². The molecule has 0 bridgehead atoms. The molecule has 0 fully saturated rings. The van der Waals surface area contributed by atoms with E-state index in [9.17, 15) is 19.2 Å². The molecule has 19 heavy (non-hydrogen) atoms. The molecule has 1 N–H and O–H groups in total. The van der Waals surface area contributed by atoms with Gasteiger partial charge >= 0.3 is 23.9 Å². The third-order valence-corrected chi connectivity index (χ3v) is 1.32. The number of hydrogen-bond donors (Lipinski definition) is 1. The molecule has 0 aliphatic rings. The predicted molar refractivity (Wildman–Crippen MR) is 62.0 cm³/mol. The van der Waals surface area contributed by atoms with E-state index in [-0.39, 0.29) is 0 Å². The van der Waals surface area contributed by atoms with Crippen LogP contribution in [-0.4, -0.2) is 50.3 Å². The highest BCUT2D eigenvalue weighted by Gasteiger charge is 1.94. The fraction of sp³-hybridized carbons (Fsp3) is 0.273. The van der Waals surface area contributed by atoms with Crippen molar-refractivity contribution >= 4 is 23.9 Å². The Labute approximate surface area is 109 Å². The normalized spacial score (nSPS) is 9.42. The first-order valence-electron chi connectivity index (χ1n) is 4.70. The highest BCUT2D eigenvalue weighted by molar-refractivity contribution is 5.91. The average Bonchev–Trinajstić information content (AvgIpc) is 2.41. The molecule has 0 saturated heterocycles. The summed E-state index contributed by atoms with van der Waals surface area (Å²) in [7, 11) is 3.63. The van der Waals surface area contributed by atoms with Gasteiger partial charge in [-0.15, -0.1) is 0 Å². The third-order valence-electron chi connectivity index (χ3n) is 1.32. The standard InChI is InChI=1S/C6H8O4.C5H6O4/c1-9-5(7)3-4-6(8)10-2;1-9-5(8)3-2-4(6)7/h3-4H,1-2H3;2-3H,1H3,(H,6,7). The number of carboxylic acid groups (broad SMARTS) is 1. The molecule has 0 unspecified atom stereocenters. The van der Waals surface area contributed by atoms with E-state index in [2.05, 4.69) is 14.2 Å². The van der Waals surface area contributed by atoms with E-state index < -0.39 is 23.9 Å². The van der Waals surface area contributed by atoms with E-state index in [1.54, 1.807) is 0 Å². The quantitative estimate of drug-likeness (QED) is 0.421. The minimum atomic E-state index is -1.17. The van der Waals surface area contributed by atoms with Crippen LogP contribution in [0.4, 0.5) is 0 Å². The van der Waals surface area contributed by atoms with Crippen molar-refractivity contribution in [1.29, 1.82) is 0 Å². The fourth-order valence-corrected chi connectivity index (χ4v) is 0.480. The van der Waals surface area contributed by atoms with Crippen molar-refractivity contribution in [1.82, 2.24) is 0 Å². The first kappa shape index (κ1) is 18.7. The zero-order chi connectivity index (χ0) is 15.3. The molecule has 0 aliphatic heterocycles. The van der Waals surface area contributed by atoms with Crippen LogP contribution < -0.4 is 0 Å². The maximum Gasteiger partial charge on any atom is 0.330 e. The minimum absolute atomic E-state index is 0.578. The summed E-state index contributed by atoms with van der Waals surface area (Å²) < 4.78 is 12.5. The van der Waals surface area contributed by atoms with Crippen molar-refractivity contribution in [2.75, 3.05) is 21.3 Å². The van der Waals surface area contributed by atoms with Crippen molar-refractivity contribution in [2.24, 2.45) is 0 Å². The number of aliphatic carboxylic acids is 1. The SMILES string of the molecule is COC(=O)C=CC(=O)O.COC(=O)C=CC(=O)OC. The lowest BCUT2D eigenvalue weighted by Crippen LogP contribution is -1.98. The van der Waals surface area contributed by atoms with Crippen LogP contribution in [0.5, 0.6) is 0 Å². The Morgan fingerprint density at radius 3 is 1.16 bits per heavy atom. The molecule has 0 heterocycles. The lowest BCUT2D eigenvalue weighted by Gasteiger charge is -1.89. The molecule has 106 valence electrons. The molecule has 0 amide bonds. The maximum absolute atomic E-state index is 10.3. The second-order valence-corrected chi connectivity index (χ2v) is 2.57. The number of carbonyl (C=O) groups is 4. The molecule has 0 aromatic rings. The van der Waals surface area contributed by atoms with Crippen LogP contribution in [0.1, 0.15) is 0 Å². The molecular weight excluding hydrogens is 260 g/mol. The van der Waals surface area contributed by atoms with Crippen LogP contribution in [0, 0.1) is 0 Å². The van der Waals surface area contributed by atoms with Crippen molar-refractivity contribution in [2.45, 2.75) is 0 Å². The van der Waals surface area contributed by atoms with Gasteiger partial charge in [-0.3, -0.25) is 0 Å². The molecule has 0 saturated carbocycles. The number of esters is 3. The molecular formula is C11H14O8. The van der Waals surface area contributed by atoms with Gasteiger partial charge in [0.1, 0.15) is 0 Å². The Bertz CT molecular complexity index is 362. The smallest absolute Gasteiger partial charge is 0.330 e. The molecule has 0 aliphatic carbocycles. The van der Waals surface area contributed by atoms with Gasteiger partial charge in [0.25, 0.3) is 0 Å². The summed E-state index contributed by atoms with van der Waals surface area (Å²) in [5.41, 5.74) is 0. The minimum Gasteiger partial charge on any atom is -0.478 e. The third kappa shape index (κ3) is 15.4. The Kier molecular flexibility index (Phi) is 11.7. The Balaban J connectivity index is 0. The number of ether oxygens (including phenoxy) is 3. The Hall–Kier alpha value is -2.64. The lowest BCUT2D eigenvalue weighted by atomic mass is 10.5. The summed E-state index contributed by atoms with van der Waals surface area (Å²) >= 11 is 0. The second-order valence-electron chi connectivity index (χ2n) is 2.57. The van der Waals surface area contributed by atoms with Crippen molar-refractivity contribution in [3.05, 3.63) is 24.3 Å². The molecule has 0 aromatic carbocycles. The molecule has 8 heteroatoms. The van der Waals surface area contributed by atoms with Crippen LogP contribution in [-0.2, 0) is 33.4 Å². The first-order chi connectivity index (χ1) is 8.87. The van der Waals surface area contributed by atoms with E-state index in [0.717, 1.165) is 18.2 Å². The number of carbonyl (C=O) groups excluding carboxylic acids is 3. The molecule has 0 aromatic heterocycles. The number of methoxy groups -OCH3 is 3. The van der Waals surface area contributed by atoms with Gasteiger partial charge in [0.05, 0.1) is 21.3 Å². The van der Waals surface area contributed by atoms with E-state index in [0.29, 0.717) is 6.08 Å². The van der Waals surface area contributed by atoms with Crippen LogP contribution >= 0.6 is 0 Å². The van der Waals surface area contributed by atoms with Gasteiger partial charge in [0.15, 0.2) is 0 Å². The largest absolute Gasteiger partial charge is 0.478 e. The van der Waals surface area contributed by atoms with Crippen molar-refractivity contribution in [3.63, 3.8) is 0 Å². The summed E-state index contributed by atoms with van der Waals surface area (Å²) in [6.45, 7) is 0. The number of carboxylic acids is 1. The van der Waals surface area contributed by atoms with Crippen LogP contribution in [0.15, 0.2) is 24.3 Å². The van der Waals surface area contributed by atoms with Crippen molar-refractivity contribution in [3.8, 4) is 0 Å². The Morgan fingerprint density at radius 2 is 0.947 bits per heavy atom. The summed E-state index contributed by atoms with van der Waals surface area (Å²) in [5.74, 6) is -2.99.